The molecular formula is C17H15N3O. The van der Waals surface area contributed by atoms with Crippen molar-refractivity contribution in [1.82, 2.24) is 4.98 Å². The van der Waals surface area contributed by atoms with Crippen LogP contribution in [0.5, 0.6) is 0 Å². The minimum absolute atomic E-state index is 0.232. The molecule has 4 heteroatoms. The van der Waals surface area contributed by atoms with Crippen LogP contribution in [0.4, 0.5) is 11.4 Å². The highest BCUT2D eigenvalue weighted by atomic mass is 16.1. The van der Waals surface area contributed by atoms with Gasteiger partial charge in [-0.2, -0.15) is 0 Å². The van der Waals surface area contributed by atoms with E-state index in [1.807, 2.05) is 43.3 Å². The van der Waals surface area contributed by atoms with Crippen LogP contribution in [0.1, 0.15) is 16.1 Å². The summed E-state index contributed by atoms with van der Waals surface area (Å²) in [7, 11) is 0. The van der Waals surface area contributed by atoms with Crippen LogP contribution in [0.25, 0.3) is 10.9 Å². The number of hydrogen-bond donors (Lipinski definition) is 2. The first-order chi connectivity index (χ1) is 10.1. The van der Waals surface area contributed by atoms with E-state index in [0.29, 0.717) is 17.1 Å². The van der Waals surface area contributed by atoms with E-state index in [0.717, 1.165) is 16.5 Å². The fraction of sp³-hybridized carbons (Fsp3) is 0.0588. The Hall–Kier alpha value is -2.88. The molecule has 3 N–H and O–H groups in total. The summed E-state index contributed by atoms with van der Waals surface area (Å²) >= 11 is 0. The SMILES string of the molecule is Cc1cc(NC(=O)c2ccc3ccccc3n2)ccc1N. The molecule has 0 saturated carbocycles. The van der Waals surface area contributed by atoms with E-state index in [1.54, 1.807) is 18.2 Å². The number of carbonyl (C=O) groups is 1. The van der Waals surface area contributed by atoms with Gasteiger partial charge in [0.05, 0.1) is 5.52 Å². The molecule has 0 radical (unpaired) electrons. The second kappa shape index (κ2) is 5.25. The molecule has 3 rings (SSSR count). The monoisotopic (exact) mass is 277 g/mol. The Morgan fingerprint density at radius 1 is 1.10 bits per heavy atom. The number of pyridine rings is 1. The first-order valence-corrected chi connectivity index (χ1v) is 6.67. The number of aromatic nitrogens is 1. The number of para-hydroxylation sites is 1. The van der Waals surface area contributed by atoms with E-state index in [4.69, 9.17) is 5.73 Å². The van der Waals surface area contributed by atoms with E-state index >= 15 is 0 Å². The van der Waals surface area contributed by atoms with Crippen molar-refractivity contribution in [2.45, 2.75) is 6.92 Å². The van der Waals surface area contributed by atoms with E-state index in [1.165, 1.54) is 0 Å². The van der Waals surface area contributed by atoms with Gasteiger partial charge >= 0.3 is 0 Å². The number of benzene rings is 2. The van der Waals surface area contributed by atoms with Gasteiger partial charge in [0.2, 0.25) is 0 Å². The minimum atomic E-state index is -0.232. The first-order valence-electron chi connectivity index (χ1n) is 6.67. The van der Waals surface area contributed by atoms with Crippen LogP contribution in [0, 0.1) is 6.92 Å². The summed E-state index contributed by atoms with van der Waals surface area (Å²) in [6.45, 7) is 1.90. The average molecular weight is 277 g/mol. The van der Waals surface area contributed by atoms with Crippen LogP contribution in [-0.2, 0) is 0 Å². The highest BCUT2D eigenvalue weighted by Crippen LogP contribution is 2.18. The molecule has 1 amide bonds. The zero-order chi connectivity index (χ0) is 14.8. The summed E-state index contributed by atoms with van der Waals surface area (Å²) in [4.78, 5) is 16.6. The molecule has 0 aliphatic heterocycles. The Balaban J connectivity index is 1.87. The molecule has 0 bridgehead atoms. The molecule has 4 nitrogen and oxygen atoms in total. The molecular weight excluding hydrogens is 262 g/mol. The number of fused-ring (bicyclic) bond motifs is 1. The van der Waals surface area contributed by atoms with Gasteiger partial charge < -0.3 is 11.1 Å². The highest BCUT2D eigenvalue weighted by Gasteiger charge is 2.09. The molecule has 2 aromatic carbocycles. The molecule has 0 fully saturated rings. The number of anilines is 2. The number of nitrogens with one attached hydrogen (secondary N) is 1. The molecule has 0 unspecified atom stereocenters. The second-order valence-electron chi connectivity index (χ2n) is 4.91. The van der Waals surface area contributed by atoms with Gasteiger partial charge in [-0.05, 0) is 42.8 Å². The van der Waals surface area contributed by atoms with E-state index in [9.17, 15) is 4.79 Å². The zero-order valence-corrected chi connectivity index (χ0v) is 11.6. The van der Waals surface area contributed by atoms with Crippen molar-refractivity contribution in [1.29, 1.82) is 0 Å². The quantitative estimate of drug-likeness (QED) is 0.706. The number of carbonyl (C=O) groups excluding carboxylic acids is 1. The lowest BCUT2D eigenvalue weighted by atomic mass is 10.1. The zero-order valence-electron chi connectivity index (χ0n) is 11.6. The van der Waals surface area contributed by atoms with Gasteiger partial charge in [0.25, 0.3) is 5.91 Å². The summed E-state index contributed by atoms with van der Waals surface area (Å²) in [5, 5.41) is 3.85. The third kappa shape index (κ3) is 2.69. The van der Waals surface area contributed by atoms with Gasteiger partial charge in [-0.1, -0.05) is 24.3 Å². The Labute approximate surface area is 122 Å². The minimum Gasteiger partial charge on any atom is -0.399 e. The summed E-state index contributed by atoms with van der Waals surface area (Å²) in [5.41, 5.74) is 9.31. The molecule has 104 valence electrons. The predicted molar refractivity (Wildman–Crippen MR) is 85.3 cm³/mol. The number of nitrogens with zero attached hydrogens (tertiary/aromatic N) is 1. The van der Waals surface area contributed by atoms with Crippen LogP contribution in [0.3, 0.4) is 0 Å². The molecule has 0 saturated heterocycles. The maximum absolute atomic E-state index is 12.2. The van der Waals surface area contributed by atoms with Gasteiger partial charge in [0.1, 0.15) is 5.69 Å². The highest BCUT2D eigenvalue weighted by molar-refractivity contribution is 6.04. The topological polar surface area (TPSA) is 68.0 Å². The van der Waals surface area contributed by atoms with Crippen LogP contribution in [0.2, 0.25) is 0 Å². The van der Waals surface area contributed by atoms with Crippen molar-refractivity contribution < 1.29 is 4.79 Å². The lowest BCUT2D eigenvalue weighted by molar-refractivity contribution is 0.102. The second-order valence-corrected chi connectivity index (χ2v) is 4.91. The Kier molecular flexibility index (Phi) is 3.28. The maximum atomic E-state index is 12.2. The van der Waals surface area contributed by atoms with E-state index in [2.05, 4.69) is 10.3 Å². The van der Waals surface area contributed by atoms with Crippen molar-refractivity contribution >= 4 is 28.2 Å². The normalized spacial score (nSPS) is 10.5. The number of hydrogen-bond acceptors (Lipinski definition) is 3. The van der Waals surface area contributed by atoms with E-state index in [-0.39, 0.29) is 5.91 Å². The number of amides is 1. The van der Waals surface area contributed by atoms with Crippen molar-refractivity contribution in [2.24, 2.45) is 0 Å². The fourth-order valence-electron chi connectivity index (χ4n) is 2.14. The Bertz CT molecular complexity index is 827. The molecule has 3 aromatic rings. The lowest BCUT2D eigenvalue weighted by Gasteiger charge is -2.07. The summed E-state index contributed by atoms with van der Waals surface area (Å²) in [6, 6.07) is 16.7. The molecule has 21 heavy (non-hydrogen) atoms. The molecule has 0 aliphatic carbocycles. The Morgan fingerprint density at radius 2 is 1.90 bits per heavy atom. The van der Waals surface area contributed by atoms with Gasteiger partial charge in [0.15, 0.2) is 0 Å². The first kappa shape index (κ1) is 13.1. The van der Waals surface area contributed by atoms with Crippen molar-refractivity contribution in [3.63, 3.8) is 0 Å². The maximum Gasteiger partial charge on any atom is 0.274 e. The Morgan fingerprint density at radius 3 is 2.71 bits per heavy atom. The number of nitrogens with two attached hydrogens (primary N) is 1. The number of nitrogen functional groups attached to an aromatic ring is 1. The molecule has 1 aromatic heterocycles. The number of aryl methyl sites for hydroxylation is 1. The van der Waals surface area contributed by atoms with Crippen molar-refractivity contribution in [3.05, 3.63) is 65.9 Å². The van der Waals surface area contributed by atoms with Crippen molar-refractivity contribution in [3.8, 4) is 0 Å². The molecule has 1 heterocycles. The van der Waals surface area contributed by atoms with Crippen LogP contribution in [-0.4, -0.2) is 10.9 Å². The smallest absolute Gasteiger partial charge is 0.274 e. The van der Waals surface area contributed by atoms with Crippen LogP contribution < -0.4 is 11.1 Å². The van der Waals surface area contributed by atoms with E-state index < -0.39 is 0 Å². The third-order valence-electron chi connectivity index (χ3n) is 3.36. The number of rotatable bonds is 2. The molecule has 0 spiro atoms. The molecule has 0 aliphatic rings. The summed E-state index contributed by atoms with van der Waals surface area (Å²) in [6.07, 6.45) is 0. The third-order valence-corrected chi connectivity index (χ3v) is 3.36. The lowest BCUT2D eigenvalue weighted by Crippen LogP contribution is -2.13. The van der Waals surface area contributed by atoms with Gasteiger partial charge in [-0.3, -0.25) is 4.79 Å². The van der Waals surface area contributed by atoms with Gasteiger partial charge in [-0.15, -0.1) is 0 Å². The summed E-state index contributed by atoms with van der Waals surface area (Å²) < 4.78 is 0. The molecule has 0 atom stereocenters. The standard InChI is InChI=1S/C17H15N3O/c1-11-10-13(7-8-14(11)18)19-17(21)16-9-6-12-4-2-3-5-15(12)20-16/h2-10H,18H2,1H3,(H,19,21). The van der Waals surface area contributed by atoms with Gasteiger partial charge in [-0.25, -0.2) is 4.98 Å². The largest absolute Gasteiger partial charge is 0.399 e. The fourth-order valence-corrected chi connectivity index (χ4v) is 2.14. The van der Waals surface area contributed by atoms with Crippen LogP contribution in [0.15, 0.2) is 54.6 Å². The van der Waals surface area contributed by atoms with Crippen LogP contribution >= 0.6 is 0 Å². The van der Waals surface area contributed by atoms with Crippen molar-refractivity contribution in [2.75, 3.05) is 11.1 Å². The predicted octanol–water partition coefficient (Wildman–Crippen LogP) is 3.38. The average Bonchev–Trinajstić information content (AvgIpc) is 2.50. The summed E-state index contributed by atoms with van der Waals surface area (Å²) in [5.74, 6) is -0.232. The van der Waals surface area contributed by atoms with Gasteiger partial charge in [0, 0.05) is 16.8 Å².